The van der Waals surface area contributed by atoms with E-state index in [2.05, 4.69) is 5.32 Å². The summed E-state index contributed by atoms with van der Waals surface area (Å²) >= 11 is 0. The first-order chi connectivity index (χ1) is 11.9. The maximum Gasteiger partial charge on any atom is 0.253 e. The Morgan fingerprint density at radius 1 is 1.20 bits per heavy atom. The molecule has 0 spiro atoms. The van der Waals surface area contributed by atoms with Crippen molar-refractivity contribution in [1.29, 1.82) is 0 Å². The first kappa shape index (κ1) is 19.8. The molecule has 25 heavy (non-hydrogen) atoms. The van der Waals surface area contributed by atoms with Gasteiger partial charge < -0.3 is 15.0 Å². The molecule has 2 rings (SSSR count). The third-order valence-corrected chi connectivity index (χ3v) is 6.09. The number of methoxy groups -OCH3 is 1. The van der Waals surface area contributed by atoms with Gasteiger partial charge in [-0.2, -0.15) is 4.31 Å². The number of piperazine rings is 1. The number of ether oxygens (including phenoxy) is 1. The zero-order valence-corrected chi connectivity index (χ0v) is 15.7. The maximum absolute atomic E-state index is 12.7. The highest BCUT2D eigenvalue weighted by atomic mass is 32.2. The molecular weight excluding hydrogens is 342 g/mol. The summed E-state index contributed by atoms with van der Waals surface area (Å²) in [6.45, 7) is 5.12. The summed E-state index contributed by atoms with van der Waals surface area (Å²) in [6.07, 6.45) is 0. The maximum atomic E-state index is 12.7. The molecule has 1 heterocycles. The average molecular weight is 369 g/mol. The van der Waals surface area contributed by atoms with Crippen molar-refractivity contribution in [2.45, 2.75) is 6.92 Å². The van der Waals surface area contributed by atoms with Crippen LogP contribution in [0.25, 0.3) is 0 Å². The van der Waals surface area contributed by atoms with Gasteiger partial charge >= 0.3 is 0 Å². The van der Waals surface area contributed by atoms with Crippen LogP contribution in [0.2, 0.25) is 0 Å². The lowest BCUT2D eigenvalue weighted by atomic mass is 10.1. The molecule has 0 saturated carbocycles. The minimum atomic E-state index is -3.37. The Morgan fingerprint density at radius 2 is 1.84 bits per heavy atom. The van der Waals surface area contributed by atoms with Gasteiger partial charge in [0.05, 0.1) is 12.4 Å². The number of aryl methyl sites for hydroxylation is 1. The number of hydrogen-bond acceptors (Lipinski definition) is 5. The number of carbonyl (C=O) groups is 1. The molecule has 0 radical (unpaired) electrons. The van der Waals surface area contributed by atoms with E-state index in [0.29, 0.717) is 44.9 Å². The summed E-state index contributed by atoms with van der Waals surface area (Å²) < 4.78 is 31.6. The number of rotatable bonds is 8. The van der Waals surface area contributed by atoms with Crippen molar-refractivity contribution in [2.24, 2.45) is 0 Å². The molecule has 1 aliphatic heterocycles. The van der Waals surface area contributed by atoms with Gasteiger partial charge in [-0.25, -0.2) is 8.42 Å². The lowest BCUT2D eigenvalue weighted by Crippen LogP contribution is -2.48. The second kappa shape index (κ2) is 9.28. The highest BCUT2D eigenvalue weighted by Gasteiger charge is 2.25. The molecule has 0 atom stereocenters. The number of carbonyl (C=O) groups excluding carboxylic acids is 1. The molecule has 1 N–H and O–H groups in total. The van der Waals surface area contributed by atoms with Crippen molar-refractivity contribution in [3.63, 3.8) is 0 Å². The molecule has 1 aliphatic rings. The number of hydrogen-bond donors (Lipinski definition) is 1. The molecular formula is C17H27N3O4S. The summed E-state index contributed by atoms with van der Waals surface area (Å²) in [4.78, 5) is 14.3. The smallest absolute Gasteiger partial charge is 0.253 e. The van der Waals surface area contributed by atoms with E-state index in [0.717, 1.165) is 5.56 Å². The molecule has 1 aromatic carbocycles. The van der Waals surface area contributed by atoms with Crippen molar-refractivity contribution < 1.29 is 17.9 Å². The van der Waals surface area contributed by atoms with Gasteiger partial charge in [-0.05, 0) is 19.1 Å². The van der Waals surface area contributed by atoms with Crippen LogP contribution in [0.1, 0.15) is 15.9 Å². The Balaban J connectivity index is 2.03. The molecule has 0 unspecified atom stereocenters. The first-order valence-electron chi connectivity index (χ1n) is 8.47. The van der Waals surface area contributed by atoms with Crippen LogP contribution in [0.15, 0.2) is 24.3 Å². The Bertz CT molecular complexity index is 655. The van der Waals surface area contributed by atoms with Crippen LogP contribution in [-0.4, -0.2) is 82.3 Å². The molecule has 0 aromatic heterocycles. The number of amides is 1. The second-order valence-electron chi connectivity index (χ2n) is 6.12. The summed E-state index contributed by atoms with van der Waals surface area (Å²) in [5.41, 5.74) is 1.63. The zero-order valence-electron chi connectivity index (χ0n) is 14.9. The van der Waals surface area contributed by atoms with E-state index < -0.39 is 10.0 Å². The molecule has 1 aromatic rings. The molecule has 0 aliphatic carbocycles. The minimum Gasteiger partial charge on any atom is -0.383 e. The van der Waals surface area contributed by atoms with Crippen molar-refractivity contribution in [3.8, 4) is 0 Å². The van der Waals surface area contributed by atoms with Gasteiger partial charge in [-0.15, -0.1) is 0 Å². The largest absolute Gasteiger partial charge is 0.383 e. The predicted octanol–water partition coefficient (Wildman–Crippen LogP) is 0.319. The van der Waals surface area contributed by atoms with Gasteiger partial charge in [-0.1, -0.05) is 17.7 Å². The topological polar surface area (TPSA) is 79.0 Å². The molecule has 1 saturated heterocycles. The highest BCUT2D eigenvalue weighted by Crippen LogP contribution is 2.09. The average Bonchev–Trinajstić information content (AvgIpc) is 2.62. The number of nitrogens with zero attached hydrogens (tertiary/aromatic N) is 2. The zero-order chi connectivity index (χ0) is 18.3. The molecule has 140 valence electrons. The van der Waals surface area contributed by atoms with Gasteiger partial charge in [0.2, 0.25) is 10.0 Å². The van der Waals surface area contributed by atoms with Crippen LogP contribution in [0, 0.1) is 6.92 Å². The van der Waals surface area contributed by atoms with Crippen molar-refractivity contribution in [3.05, 3.63) is 35.4 Å². The lowest BCUT2D eigenvalue weighted by molar-refractivity contribution is 0.0707. The SMILES string of the molecule is COCCN(CCS(=O)(=O)N1CCNCC1)C(=O)c1ccc(C)cc1. The standard InChI is InChI=1S/C17H27N3O4S/c1-15-3-5-16(6-4-15)17(21)19(11-13-24-2)12-14-25(22,23)20-9-7-18-8-10-20/h3-6,18H,7-14H2,1-2H3. The fourth-order valence-electron chi connectivity index (χ4n) is 2.67. The van der Waals surface area contributed by atoms with Crippen LogP contribution in [0.4, 0.5) is 0 Å². The monoisotopic (exact) mass is 369 g/mol. The van der Waals surface area contributed by atoms with Crippen molar-refractivity contribution in [2.75, 3.05) is 58.7 Å². The molecule has 1 amide bonds. The first-order valence-corrected chi connectivity index (χ1v) is 10.1. The van der Waals surface area contributed by atoms with Gasteiger partial charge in [0.25, 0.3) is 5.91 Å². The van der Waals surface area contributed by atoms with E-state index in [1.807, 2.05) is 19.1 Å². The number of nitrogens with one attached hydrogen (secondary N) is 1. The van der Waals surface area contributed by atoms with Gasteiger partial charge in [0.15, 0.2) is 0 Å². The fraction of sp³-hybridized carbons (Fsp3) is 0.588. The van der Waals surface area contributed by atoms with E-state index >= 15 is 0 Å². The Kier molecular flexibility index (Phi) is 7.37. The van der Waals surface area contributed by atoms with E-state index in [4.69, 9.17) is 4.74 Å². The normalized spacial score (nSPS) is 15.9. The lowest BCUT2D eigenvalue weighted by Gasteiger charge is -2.28. The van der Waals surface area contributed by atoms with E-state index in [9.17, 15) is 13.2 Å². The van der Waals surface area contributed by atoms with Crippen LogP contribution in [0.5, 0.6) is 0 Å². The predicted molar refractivity (Wildman–Crippen MR) is 97.2 cm³/mol. The molecule has 7 nitrogen and oxygen atoms in total. The third-order valence-electron chi connectivity index (χ3n) is 4.24. The third kappa shape index (κ3) is 5.78. The summed E-state index contributed by atoms with van der Waals surface area (Å²) in [7, 11) is -1.81. The van der Waals surface area contributed by atoms with Gasteiger partial charge in [-0.3, -0.25) is 4.79 Å². The molecule has 1 fully saturated rings. The summed E-state index contributed by atoms with van der Waals surface area (Å²) in [5, 5.41) is 3.14. The fourth-order valence-corrected chi connectivity index (χ4v) is 4.12. The Hall–Kier alpha value is -1.48. The van der Waals surface area contributed by atoms with Crippen LogP contribution in [-0.2, 0) is 14.8 Å². The van der Waals surface area contributed by atoms with Gasteiger partial charge in [0.1, 0.15) is 0 Å². The number of sulfonamides is 1. The Labute approximate surface area is 150 Å². The summed E-state index contributed by atoms with van der Waals surface area (Å²) in [6, 6.07) is 7.28. The summed E-state index contributed by atoms with van der Waals surface area (Å²) in [5.74, 6) is -0.249. The molecule has 8 heteroatoms. The van der Waals surface area contributed by atoms with E-state index in [1.165, 1.54) is 4.31 Å². The highest BCUT2D eigenvalue weighted by molar-refractivity contribution is 7.89. The van der Waals surface area contributed by atoms with Crippen molar-refractivity contribution >= 4 is 15.9 Å². The van der Waals surface area contributed by atoms with E-state index in [-0.39, 0.29) is 18.2 Å². The van der Waals surface area contributed by atoms with Gasteiger partial charge in [0, 0.05) is 51.9 Å². The van der Waals surface area contributed by atoms with Crippen LogP contribution >= 0.6 is 0 Å². The van der Waals surface area contributed by atoms with Crippen LogP contribution < -0.4 is 5.32 Å². The second-order valence-corrected chi connectivity index (χ2v) is 8.20. The Morgan fingerprint density at radius 3 is 2.44 bits per heavy atom. The van der Waals surface area contributed by atoms with Crippen LogP contribution in [0.3, 0.4) is 0 Å². The number of benzene rings is 1. The van der Waals surface area contributed by atoms with Crippen molar-refractivity contribution in [1.82, 2.24) is 14.5 Å². The quantitative estimate of drug-likeness (QED) is 0.714. The molecule has 0 bridgehead atoms. The van der Waals surface area contributed by atoms with E-state index in [1.54, 1.807) is 24.1 Å². The minimum absolute atomic E-state index is 0.0751.